The monoisotopic (exact) mass is 276 g/mol. The van der Waals surface area contributed by atoms with Gasteiger partial charge in [0.05, 0.1) is 5.92 Å². The van der Waals surface area contributed by atoms with Crippen LogP contribution >= 0.6 is 0 Å². The SMILES string of the molecule is NC(=O)C1CNc2ccccc21.O=C(O)C(F)(F)F. The largest absolute Gasteiger partial charge is 0.490 e. The van der Waals surface area contributed by atoms with Crippen LogP contribution in [0.4, 0.5) is 18.9 Å². The Hall–Kier alpha value is -2.25. The van der Waals surface area contributed by atoms with Crippen molar-refractivity contribution in [2.45, 2.75) is 12.1 Å². The number of nitrogens with two attached hydrogens (primary N) is 1. The lowest BCUT2D eigenvalue weighted by Crippen LogP contribution is -2.22. The summed E-state index contributed by atoms with van der Waals surface area (Å²) in [6.07, 6.45) is -5.08. The summed E-state index contributed by atoms with van der Waals surface area (Å²) in [6.45, 7) is 0.634. The van der Waals surface area contributed by atoms with Crippen LogP contribution in [0.5, 0.6) is 0 Å². The fourth-order valence-electron chi connectivity index (χ4n) is 1.54. The second-order valence-electron chi connectivity index (χ2n) is 3.73. The van der Waals surface area contributed by atoms with Crippen LogP contribution in [0.2, 0.25) is 0 Å². The van der Waals surface area contributed by atoms with Gasteiger partial charge in [-0.25, -0.2) is 4.79 Å². The predicted molar refractivity (Wildman–Crippen MR) is 60.6 cm³/mol. The molecule has 0 fully saturated rings. The molecule has 1 atom stereocenters. The molecule has 1 amide bonds. The van der Waals surface area contributed by atoms with Crippen molar-refractivity contribution >= 4 is 17.6 Å². The smallest absolute Gasteiger partial charge is 0.475 e. The van der Waals surface area contributed by atoms with E-state index in [4.69, 9.17) is 15.6 Å². The molecule has 1 unspecified atom stereocenters. The lowest BCUT2D eigenvalue weighted by molar-refractivity contribution is -0.192. The van der Waals surface area contributed by atoms with Gasteiger partial charge in [-0.1, -0.05) is 18.2 Å². The molecule has 104 valence electrons. The molecule has 5 nitrogen and oxygen atoms in total. The number of hydrogen-bond donors (Lipinski definition) is 3. The molecule has 0 radical (unpaired) electrons. The van der Waals surface area contributed by atoms with E-state index in [1.807, 2.05) is 24.3 Å². The number of alkyl halides is 3. The van der Waals surface area contributed by atoms with Crippen LogP contribution in [0.3, 0.4) is 0 Å². The first-order chi connectivity index (χ1) is 8.73. The number of aliphatic carboxylic acids is 1. The summed E-state index contributed by atoms with van der Waals surface area (Å²) in [5.74, 6) is -3.17. The van der Waals surface area contributed by atoms with Gasteiger partial charge in [-0.3, -0.25) is 4.79 Å². The predicted octanol–water partition coefficient (Wildman–Crippen LogP) is 1.31. The van der Waals surface area contributed by atoms with Crippen LogP contribution in [-0.4, -0.2) is 29.7 Å². The number of nitrogens with one attached hydrogen (secondary N) is 1. The quantitative estimate of drug-likeness (QED) is 0.721. The molecule has 0 aliphatic carbocycles. The molecule has 4 N–H and O–H groups in total. The minimum atomic E-state index is -5.08. The third-order valence-electron chi connectivity index (χ3n) is 2.42. The molecule has 0 aromatic heterocycles. The van der Waals surface area contributed by atoms with Gasteiger partial charge in [0.2, 0.25) is 5.91 Å². The number of primary amides is 1. The maximum absolute atomic E-state index is 10.9. The molecule has 19 heavy (non-hydrogen) atoms. The maximum atomic E-state index is 10.9. The first-order valence-electron chi connectivity index (χ1n) is 5.15. The Balaban J connectivity index is 0.000000224. The average Bonchev–Trinajstić information content (AvgIpc) is 2.72. The number of para-hydroxylation sites is 1. The van der Waals surface area contributed by atoms with Gasteiger partial charge in [0.25, 0.3) is 0 Å². The van der Waals surface area contributed by atoms with E-state index in [1.54, 1.807) is 0 Å². The topological polar surface area (TPSA) is 92.4 Å². The lowest BCUT2D eigenvalue weighted by atomic mass is 10.0. The van der Waals surface area contributed by atoms with Crippen LogP contribution < -0.4 is 11.1 Å². The zero-order valence-corrected chi connectivity index (χ0v) is 9.57. The van der Waals surface area contributed by atoms with Crippen LogP contribution in [0.1, 0.15) is 11.5 Å². The van der Waals surface area contributed by atoms with Gasteiger partial charge in [0, 0.05) is 12.2 Å². The highest BCUT2D eigenvalue weighted by Gasteiger charge is 2.38. The van der Waals surface area contributed by atoms with E-state index < -0.39 is 12.1 Å². The summed E-state index contributed by atoms with van der Waals surface area (Å²) < 4.78 is 31.7. The van der Waals surface area contributed by atoms with Crippen molar-refractivity contribution in [1.82, 2.24) is 0 Å². The summed E-state index contributed by atoms with van der Waals surface area (Å²) in [7, 11) is 0. The van der Waals surface area contributed by atoms with Crippen LogP contribution in [0.15, 0.2) is 24.3 Å². The van der Waals surface area contributed by atoms with Crippen molar-refractivity contribution in [2.24, 2.45) is 5.73 Å². The number of carbonyl (C=O) groups excluding carboxylic acids is 1. The Morgan fingerprint density at radius 3 is 2.32 bits per heavy atom. The molecular weight excluding hydrogens is 265 g/mol. The number of benzene rings is 1. The minimum Gasteiger partial charge on any atom is -0.475 e. The van der Waals surface area contributed by atoms with Gasteiger partial charge in [-0.15, -0.1) is 0 Å². The van der Waals surface area contributed by atoms with Gasteiger partial charge in [-0.05, 0) is 11.6 Å². The molecule has 2 rings (SSSR count). The Bertz CT molecular complexity index is 488. The number of anilines is 1. The van der Waals surface area contributed by atoms with Crippen LogP contribution in [-0.2, 0) is 9.59 Å². The molecule has 1 aromatic carbocycles. The van der Waals surface area contributed by atoms with Crippen molar-refractivity contribution in [3.05, 3.63) is 29.8 Å². The fraction of sp³-hybridized carbons (Fsp3) is 0.273. The lowest BCUT2D eigenvalue weighted by Gasteiger charge is -2.02. The number of amides is 1. The molecule has 0 spiro atoms. The fourth-order valence-corrected chi connectivity index (χ4v) is 1.54. The summed E-state index contributed by atoms with van der Waals surface area (Å²) in [4.78, 5) is 19.8. The van der Waals surface area contributed by atoms with Gasteiger partial charge in [0.15, 0.2) is 0 Å². The Morgan fingerprint density at radius 2 is 1.84 bits per heavy atom. The van der Waals surface area contributed by atoms with Crippen molar-refractivity contribution in [1.29, 1.82) is 0 Å². The van der Waals surface area contributed by atoms with E-state index in [1.165, 1.54) is 0 Å². The normalized spacial score (nSPS) is 16.7. The second-order valence-corrected chi connectivity index (χ2v) is 3.73. The van der Waals surface area contributed by atoms with Crippen molar-refractivity contribution in [2.75, 3.05) is 11.9 Å². The van der Waals surface area contributed by atoms with Crippen LogP contribution in [0, 0.1) is 0 Å². The van der Waals surface area contributed by atoms with Gasteiger partial charge in [0.1, 0.15) is 0 Å². The second kappa shape index (κ2) is 5.59. The number of rotatable bonds is 1. The molecule has 0 bridgehead atoms. The summed E-state index contributed by atoms with van der Waals surface area (Å²) in [5.41, 5.74) is 7.28. The number of hydrogen-bond acceptors (Lipinski definition) is 3. The average molecular weight is 276 g/mol. The van der Waals surface area contributed by atoms with E-state index in [2.05, 4.69) is 5.32 Å². The number of fused-ring (bicyclic) bond motifs is 1. The van der Waals surface area contributed by atoms with Gasteiger partial charge in [-0.2, -0.15) is 13.2 Å². The van der Waals surface area contributed by atoms with Crippen molar-refractivity contribution in [3.63, 3.8) is 0 Å². The Labute approximate surface area is 106 Å². The molecule has 0 saturated heterocycles. The van der Waals surface area contributed by atoms with E-state index in [0.29, 0.717) is 6.54 Å². The molecule has 8 heteroatoms. The summed E-state index contributed by atoms with van der Waals surface area (Å²) in [5, 5.41) is 10.3. The first-order valence-corrected chi connectivity index (χ1v) is 5.15. The first kappa shape index (κ1) is 14.8. The zero-order valence-electron chi connectivity index (χ0n) is 9.57. The molecule has 0 saturated carbocycles. The van der Waals surface area contributed by atoms with Gasteiger partial charge >= 0.3 is 12.1 Å². The maximum Gasteiger partial charge on any atom is 0.490 e. The third-order valence-corrected chi connectivity index (χ3v) is 2.42. The van der Waals surface area contributed by atoms with E-state index in [-0.39, 0.29) is 11.8 Å². The number of carboxylic acid groups (broad SMARTS) is 1. The summed E-state index contributed by atoms with van der Waals surface area (Å²) in [6, 6.07) is 7.75. The van der Waals surface area contributed by atoms with Crippen LogP contribution in [0.25, 0.3) is 0 Å². The van der Waals surface area contributed by atoms with E-state index >= 15 is 0 Å². The number of carbonyl (C=O) groups is 2. The standard InChI is InChI=1S/C9H10N2O.C2HF3O2/c10-9(12)7-5-11-8-4-2-1-3-6(7)8;3-2(4,5)1(6)7/h1-4,7,11H,5H2,(H2,10,12);(H,6,7). The summed E-state index contributed by atoms with van der Waals surface area (Å²) >= 11 is 0. The van der Waals surface area contributed by atoms with Crippen molar-refractivity contribution in [3.8, 4) is 0 Å². The molecule has 1 heterocycles. The zero-order chi connectivity index (χ0) is 14.6. The van der Waals surface area contributed by atoms with E-state index in [0.717, 1.165) is 11.3 Å². The Morgan fingerprint density at radius 1 is 1.32 bits per heavy atom. The third kappa shape index (κ3) is 3.87. The highest BCUT2D eigenvalue weighted by atomic mass is 19.4. The number of halogens is 3. The van der Waals surface area contributed by atoms with Crippen molar-refractivity contribution < 1.29 is 27.9 Å². The highest BCUT2D eigenvalue weighted by molar-refractivity contribution is 5.86. The molecule has 1 aliphatic rings. The van der Waals surface area contributed by atoms with E-state index in [9.17, 15) is 18.0 Å². The highest BCUT2D eigenvalue weighted by Crippen LogP contribution is 2.30. The van der Waals surface area contributed by atoms with Gasteiger partial charge < -0.3 is 16.2 Å². The Kier molecular flexibility index (Phi) is 4.36. The molecular formula is C11H11F3N2O3. The number of carboxylic acids is 1. The molecule has 1 aromatic rings. The minimum absolute atomic E-state index is 0.152. The molecule has 1 aliphatic heterocycles.